The molecule has 3 aromatic carbocycles. The van der Waals surface area contributed by atoms with Crippen LogP contribution in [0.15, 0.2) is 72.8 Å². The van der Waals surface area contributed by atoms with Crippen LogP contribution in [0.3, 0.4) is 0 Å². The fourth-order valence-electron chi connectivity index (χ4n) is 5.28. The number of hydrogen-bond acceptors (Lipinski definition) is 6. The first kappa shape index (κ1) is 34.3. The fourth-order valence-corrected chi connectivity index (χ4v) is 5.28. The van der Waals surface area contributed by atoms with Gasteiger partial charge >= 0.3 is 12.1 Å². The molecule has 0 radical (unpaired) electrons. The number of carbonyl (C=O) groups is 4. The van der Waals surface area contributed by atoms with Crippen molar-refractivity contribution in [1.29, 1.82) is 0 Å². The van der Waals surface area contributed by atoms with E-state index in [1.807, 2.05) is 86.6 Å². The molecule has 0 heterocycles. The van der Waals surface area contributed by atoms with Crippen molar-refractivity contribution in [2.24, 2.45) is 11.8 Å². The number of nitrogens with one attached hydrogen (secondary N) is 1. The maximum atomic E-state index is 14.5. The van der Waals surface area contributed by atoms with Gasteiger partial charge in [-0.25, -0.2) is 14.5 Å². The summed E-state index contributed by atoms with van der Waals surface area (Å²) in [7, 11) is 0. The number of ether oxygens (including phenoxy) is 2. The molecule has 3 amide bonds. The third-order valence-corrected chi connectivity index (χ3v) is 7.39. The van der Waals surface area contributed by atoms with Gasteiger partial charge in [0.05, 0.1) is 0 Å². The Morgan fingerprint density at radius 3 is 2.02 bits per heavy atom. The molecule has 236 valence electrons. The smallest absolute Gasteiger partial charge is 0.417 e. The second-order valence-corrected chi connectivity index (χ2v) is 12.7. The maximum absolute atomic E-state index is 14.5. The summed E-state index contributed by atoms with van der Waals surface area (Å²) in [5, 5.41) is 4.74. The zero-order valence-electron chi connectivity index (χ0n) is 27.1. The average molecular weight is 603 g/mol. The van der Waals surface area contributed by atoms with Crippen molar-refractivity contribution in [2.45, 2.75) is 92.0 Å². The molecule has 0 saturated carbocycles. The van der Waals surface area contributed by atoms with Crippen molar-refractivity contribution in [3.05, 3.63) is 83.9 Å². The van der Waals surface area contributed by atoms with E-state index >= 15 is 0 Å². The number of hydrogen-bond donors (Lipinski definition) is 1. The van der Waals surface area contributed by atoms with E-state index in [9.17, 15) is 19.2 Å². The van der Waals surface area contributed by atoms with Crippen LogP contribution in [0, 0.1) is 11.8 Å². The normalized spacial score (nSPS) is 13.7. The van der Waals surface area contributed by atoms with Crippen LogP contribution in [-0.2, 0) is 30.5 Å². The lowest BCUT2D eigenvalue weighted by Crippen LogP contribution is -2.59. The van der Waals surface area contributed by atoms with Gasteiger partial charge in [-0.05, 0) is 54.5 Å². The Kier molecular flexibility index (Phi) is 11.7. The highest BCUT2D eigenvalue weighted by molar-refractivity contribution is 6.00. The van der Waals surface area contributed by atoms with Gasteiger partial charge < -0.3 is 14.8 Å². The van der Waals surface area contributed by atoms with Crippen molar-refractivity contribution in [1.82, 2.24) is 10.2 Å². The van der Waals surface area contributed by atoms with Crippen LogP contribution in [-0.4, -0.2) is 46.5 Å². The second-order valence-electron chi connectivity index (χ2n) is 12.7. The summed E-state index contributed by atoms with van der Waals surface area (Å²) in [6, 6.07) is 20.5. The molecule has 3 atom stereocenters. The number of amides is 3. The Morgan fingerprint density at radius 1 is 0.818 bits per heavy atom. The summed E-state index contributed by atoms with van der Waals surface area (Å²) in [5.41, 5.74) is 0.704. The average Bonchev–Trinajstić information content (AvgIpc) is 2.97. The Hall–Kier alpha value is -4.20. The molecule has 8 nitrogen and oxygen atoms in total. The third kappa shape index (κ3) is 8.68. The zero-order chi connectivity index (χ0) is 32.6. The lowest BCUT2D eigenvalue weighted by Gasteiger charge is -2.38. The minimum atomic E-state index is -1.31. The van der Waals surface area contributed by atoms with Gasteiger partial charge in [-0.3, -0.25) is 9.59 Å². The summed E-state index contributed by atoms with van der Waals surface area (Å²) in [6.07, 6.45) is -0.945. The Bertz CT molecular complexity index is 1440. The predicted octanol–water partition coefficient (Wildman–Crippen LogP) is 7.01. The lowest BCUT2D eigenvalue weighted by atomic mass is 9.79. The van der Waals surface area contributed by atoms with Crippen LogP contribution in [0.1, 0.15) is 78.9 Å². The molecule has 8 heteroatoms. The number of imide groups is 1. The molecule has 0 aliphatic rings. The van der Waals surface area contributed by atoms with Gasteiger partial charge in [-0.1, -0.05) is 107 Å². The van der Waals surface area contributed by atoms with Crippen LogP contribution in [0.4, 0.5) is 4.79 Å². The Labute approximate surface area is 261 Å². The number of nitrogens with zero attached hydrogens (tertiary/aromatic N) is 1. The van der Waals surface area contributed by atoms with E-state index < -0.39 is 47.5 Å². The van der Waals surface area contributed by atoms with Gasteiger partial charge in [-0.2, -0.15) is 0 Å². The second kappa shape index (κ2) is 15.0. The molecule has 3 rings (SSSR count). The molecule has 0 aliphatic heterocycles. The number of esters is 1. The Balaban J connectivity index is 2.12. The highest BCUT2D eigenvalue weighted by atomic mass is 16.6. The van der Waals surface area contributed by atoms with Crippen molar-refractivity contribution in [2.75, 3.05) is 0 Å². The molecule has 0 fully saturated rings. The first-order valence-electron chi connectivity index (χ1n) is 15.3. The Morgan fingerprint density at radius 2 is 1.43 bits per heavy atom. The van der Waals surface area contributed by atoms with Crippen LogP contribution >= 0.6 is 0 Å². The minimum Gasteiger partial charge on any atom is -0.459 e. The topological polar surface area (TPSA) is 102 Å². The molecule has 0 aromatic heterocycles. The van der Waals surface area contributed by atoms with Gasteiger partial charge in [0.15, 0.2) is 0 Å². The quantitative estimate of drug-likeness (QED) is 0.237. The molecule has 0 saturated heterocycles. The van der Waals surface area contributed by atoms with Crippen molar-refractivity contribution in [3.63, 3.8) is 0 Å². The van der Waals surface area contributed by atoms with E-state index in [0.717, 1.165) is 26.8 Å². The van der Waals surface area contributed by atoms with E-state index in [1.54, 1.807) is 41.5 Å². The summed E-state index contributed by atoms with van der Waals surface area (Å²) < 4.78 is 11.3. The molecule has 1 N–H and O–H groups in total. The van der Waals surface area contributed by atoms with Crippen LogP contribution in [0.5, 0.6) is 0 Å². The summed E-state index contributed by atoms with van der Waals surface area (Å²) >= 11 is 0. The van der Waals surface area contributed by atoms with Gasteiger partial charge in [-0.15, -0.1) is 0 Å². The van der Waals surface area contributed by atoms with Crippen molar-refractivity contribution >= 4 is 34.6 Å². The van der Waals surface area contributed by atoms with E-state index in [1.165, 1.54) is 0 Å². The van der Waals surface area contributed by atoms with E-state index in [4.69, 9.17) is 9.47 Å². The summed E-state index contributed by atoms with van der Waals surface area (Å²) in [6.45, 7) is 14.3. The van der Waals surface area contributed by atoms with Crippen LogP contribution in [0.25, 0.3) is 10.8 Å². The minimum absolute atomic E-state index is 0.0316. The number of carbonyl (C=O) groups excluding carboxylic acids is 4. The number of rotatable bonds is 11. The van der Waals surface area contributed by atoms with Crippen LogP contribution < -0.4 is 5.32 Å². The molecule has 1 unspecified atom stereocenters. The monoisotopic (exact) mass is 602 g/mol. The van der Waals surface area contributed by atoms with E-state index in [2.05, 4.69) is 5.32 Å². The zero-order valence-corrected chi connectivity index (χ0v) is 27.1. The van der Waals surface area contributed by atoms with Gasteiger partial charge in [0.1, 0.15) is 24.3 Å². The molecule has 0 bridgehead atoms. The van der Waals surface area contributed by atoms with Crippen molar-refractivity contribution in [3.8, 4) is 0 Å². The predicted molar refractivity (Wildman–Crippen MR) is 172 cm³/mol. The van der Waals surface area contributed by atoms with Crippen LogP contribution in [0.2, 0.25) is 0 Å². The van der Waals surface area contributed by atoms with Gasteiger partial charge in [0, 0.05) is 12.3 Å². The lowest BCUT2D eigenvalue weighted by molar-refractivity contribution is -0.151. The van der Waals surface area contributed by atoms with E-state index in [-0.39, 0.29) is 24.9 Å². The maximum Gasteiger partial charge on any atom is 0.417 e. The molecule has 3 aromatic rings. The van der Waals surface area contributed by atoms with Crippen molar-refractivity contribution < 1.29 is 28.7 Å². The third-order valence-electron chi connectivity index (χ3n) is 7.39. The molecular formula is C36H46N2O6. The largest absolute Gasteiger partial charge is 0.459 e. The molecular weight excluding hydrogens is 556 g/mol. The van der Waals surface area contributed by atoms with Gasteiger partial charge in [0.2, 0.25) is 11.8 Å². The summed E-state index contributed by atoms with van der Waals surface area (Å²) in [5.74, 6) is -2.97. The first-order chi connectivity index (χ1) is 20.7. The molecule has 0 aliphatic carbocycles. The molecule has 0 spiro atoms. The fraction of sp³-hybridized carbons (Fsp3) is 0.444. The van der Waals surface area contributed by atoms with E-state index in [0.29, 0.717) is 0 Å². The SMILES string of the molecule is CCC(=O)N(C(=O)OC(C)(C)C)[C@H](C(=O)N[C@H](C(=O)OCc1ccccc1)C(C)C)C(c1cccc2ccccc12)C(C)C. The summed E-state index contributed by atoms with van der Waals surface area (Å²) in [4.78, 5) is 56.1. The first-order valence-corrected chi connectivity index (χ1v) is 15.3. The molecule has 44 heavy (non-hydrogen) atoms. The number of fused-ring (bicyclic) bond motifs is 1. The van der Waals surface area contributed by atoms with Gasteiger partial charge in [0.25, 0.3) is 0 Å². The number of benzene rings is 3. The highest BCUT2D eigenvalue weighted by Gasteiger charge is 2.45. The highest BCUT2D eigenvalue weighted by Crippen LogP contribution is 2.37. The standard InChI is InChI=1S/C36H46N2O6/c1-9-29(39)38(35(42)44-36(6,7)8)32(30(23(2)3)28-21-15-19-26-18-13-14-20-27(26)28)33(40)37-31(24(4)5)34(41)43-22-25-16-11-10-12-17-25/h10-21,23-24,30-32H,9,22H2,1-8H3,(H,37,40)/t30?,31-,32-/m0/s1.